The summed E-state index contributed by atoms with van der Waals surface area (Å²) >= 11 is 1.52. The van der Waals surface area contributed by atoms with Crippen molar-refractivity contribution >= 4 is 32.2 Å². The van der Waals surface area contributed by atoms with Crippen molar-refractivity contribution < 1.29 is 13.2 Å². The number of fused-ring (bicyclic) bond motifs is 1. The van der Waals surface area contributed by atoms with Gasteiger partial charge in [0.15, 0.2) is 20.8 Å². The van der Waals surface area contributed by atoms with Crippen molar-refractivity contribution in [3.63, 3.8) is 0 Å². The van der Waals surface area contributed by atoms with Crippen molar-refractivity contribution in [1.29, 1.82) is 0 Å². The third-order valence-electron chi connectivity index (χ3n) is 6.56. The van der Waals surface area contributed by atoms with Gasteiger partial charge in [-0.05, 0) is 39.6 Å². The summed E-state index contributed by atoms with van der Waals surface area (Å²) in [6.45, 7) is 5.94. The van der Waals surface area contributed by atoms with E-state index in [1.807, 2.05) is 19.2 Å². The zero-order valence-electron chi connectivity index (χ0n) is 21.6. The molecule has 1 aliphatic heterocycles. The predicted molar refractivity (Wildman–Crippen MR) is 145 cm³/mol. The molecule has 0 spiro atoms. The molecule has 3 heterocycles. The second kappa shape index (κ2) is 10.4. The van der Waals surface area contributed by atoms with Crippen LogP contribution in [-0.4, -0.2) is 50.7 Å². The Kier molecular flexibility index (Phi) is 7.12. The van der Waals surface area contributed by atoms with Gasteiger partial charge in [0.1, 0.15) is 0 Å². The monoisotopic (exact) mass is 551 g/mol. The molecule has 1 amide bonds. The Labute approximate surface area is 225 Å². The Morgan fingerprint density at radius 1 is 1.11 bits per heavy atom. The van der Waals surface area contributed by atoms with Crippen LogP contribution in [0.25, 0.3) is 11.4 Å². The fourth-order valence-electron chi connectivity index (χ4n) is 4.78. The highest BCUT2D eigenvalue weighted by Gasteiger charge is 2.36. The highest BCUT2D eigenvalue weighted by Crippen LogP contribution is 2.43. The zero-order valence-corrected chi connectivity index (χ0v) is 23.3. The van der Waals surface area contributed by atoms with Crippen LogP contribution in [0.15, 0.2) is 53.4 Å². The molecule has 0 radical (unpaired) electrons. The molecule has 0 aliphatic carbocycles. The van der Waals surface area contributed by atoms with Crippen LogP contribution in [0, 0.1) is 5.92 Å². The number of hydrogen-bond donors (Lipinski definition) is 1. The van der Waals surface area contributed by atoms with Gasteiger partial charge in [-0.25, -0.2) is 18.1 Å². The average molecular weight is 552 g/mol. The number of rotatable bonds is 8. The van der Waals surface area contributed by atoms with Gasteiger partial charge in [0.05, 0.1) is 23.1 Å². The smallest absolute Gasteiger partial charge is 0.230 e. The van der Waals surface area contributed by atoms with Crippen molar-refractivity contribution in [2.45, 2.75) is 44.3 Å². The van der Waals surface area contributed by atoms with Crippen LogP contribution in [0.4, 0.5) is 5.13 Å². The van der Waals surface area contributed by atoms with Gasteiger partial charge in [0.25, 0.3) is 0 Å². The molecule has 2 aromatic heterocycles. The number of aromatic nitrogens is 5. The molecule has 4 aromatic rings. The number of benzene rings is 2. The highest BCUT2D eigenvalue weighted by molar-refractivity contribution is 7.90. The Bertz CT molecular complexity index is 1560. The minimum atomic E-state index is -3.27. The van der Waals surface area contributed by atoms with Crippen LogP contribution >= 0.6 is 11.3 Å². The van der Waals surface area contributed by atoms with Crippen LogP contribution in [-0.2, 0) is 41.2 Å². The van der Waals surface area contributed by atoms with Crippen LogP contribution in [0.3, 0.4) is 0 Å². The number of hydrogen-bond acceptors (Lipinski definition) is 9. The number of carbonyl (C=O) groups excluding carboxylic acids is 1. The van der Waals surface area contributed by atoms with Gasteiger partial charge in [-0.1, -0.05) is 50.2 Å². The molecule has 38 heavy (non-hydrogen) atoms. The van der Waals surface area contributed by atoms with Gasteiger partial charge >= 0.3 is 0 Å². The van der Waals surface area contributed by atoms with Crippen LogP contribution in [0.1, 0.15) is 41.6 Å². The lowest BCUT2D eigenvalue weighted by Gasteiger charge is -2.27. The molecule has 1 N–H and O–H groups in total. The number of anilines is 1. The van der Waals surface area contributed by atoms with Crippen molar-refractivity contribution in [3.05, 3.63) is 70.2 Å². The molecule has 5 rings (SSSR count). The molecule has 0 unspecified atom stereocenters. The minimum absolute atomic E-state index is 0.147. The SMILES string of the molecule is CC(C)[C@H]1c2nc(NC(=O)Cc3ccc(S(C)(=O)=O)cc3)sc2CN1Cc1ccc(-c2nnnn2C)cc1. The molecule has 12 heteroatoms. The number of carbonyl (C=O) groups is 1. The number of amides is 1. The van der Waals surface area contributed by atoms with E-state index in [0.29, 0.717) is 11.0 Å². The molecule has 0 saturated carbocycles. The molecule has 0 fully saturated rings. The molecule has 1 atom stereocenters. The Hall–Kier alpha value is -3.48. The van der Waals surface area contributed by atoms with Gasteiger partial charge in [-0.3, -0.25) is 9.69 Å². The summed E-state index contributed by atoms with van der Waals surface area (Å²) in [7, 11) is -1.45. The van der Waals surface area contributed by atoms with E-state index in [1.54, 1.807) is 16.8 Å². The van der Waals surface area contributed by atoms with E-state index in [2.05, 4.69) is 51.7 Å². The Balaban J connectivity index is 1.24. The molecular weight excluding hydrogens is 522 g/mol. The lowest BCUT2D eigenvalue weighted by molar-refractivity contribution is -0.115. The summed E-state index contributed by atoms with van der Waals surface area (Å²) < 4.78 is 24.9. The van der Waals surface area contributed by atoms with E-state index in [-0.39, 0.29) is 23.3 Å². The molecular formula is C26H29N7O3S2. The maximum atomic E-state index is 12.7. The van der Waals surface area contributed by atoms with E-state index in [0.717, 1.165) is 42.0 Å². The topological polar surface area (TPSA) is 123 Å². The van der Waals surface area contributed by atoms with Gasteiger partial charge in [0, 0.05) is 36.8 Å². The van der Waals surface area contributed by atoms with Crippen molar-refractivity contribution in [1.82, 2.24) is 30.1 Å². The highest BCUT2D eigenvalue weighted by atomic mass is 32.2. The van der Waals surface area contributed by atoms with Crippen LogP contribution < -0.4 is 5.32 Å². The first kappa shape index (κ1) is 26.1. The first-order valence-corrected chi connectivity index (χ1v) is 14.9. The molecule has 10 nitrogen and oxygen atoms in total. The quantitative estimate of drug-likeness (QED) is 0.352. The lowest BCUT2D eigenvalue weighted by Crippen LogP contribution is -2.26. The maximum Gasteiger partial charge on any atom is 0.230 e. The average Bonchev–Trinajstić information content (AvgIpc) is 3.53. The summed E-state index contributed by atoms with van der Waals surface area (Å²) in [5.74, 6) is 0.893. The van der Waals surface area contributed by atoms with Crippen molar-refractivity contribution in [2.75, 3.05) is 11.6 Å². The fraction of sp³-hybridized carbons (Fsp3) is 0.346. The molecule has 2 aromatic carbocycles. The molecule has 1 aliphatic rings. The van der Waals surface area contributed by atoms with Crippen molar-refractivity contribution in [2.24, 2.45) is 13.0 Å². The number of sulfone groups is 1. The van der Waals surface area contributed by atoms with E-state index in [9.17, 15) is 13.2 Å². The summed E-state index contributed by atoms with van der Waals surface area (Å²) in [4.78, 5) is 21.3. The summed E-state index contributed by atoms with van der Waals surface area (Å²) in [5, 5.41) is 15.2. The van der Waals surface area contributed by atoms with E-state index in [1.165, 1.54) is 33.9 Å². The standard InChI is InChI=1S/C26H29N7O3S2/c1-16(2)24-23-21(15-33(24)14-18-5-9-19(10-6-18)25-29-30-31-32(25)3)37-26(28-23)27-22(34)13-17-7-11-20(12-8-17)38(4,35)36/h5-12,16,24H,13-15H2,1-4H3,(H,27,28,34)/t24-/m0/s1. The summed E-state index contributed by atoms with van der Waals surface area (Å²) in [6, 6.07) is 14.8. The van der Waals surface area contributed by atoms with Crippen molar-refractivity contribution in [3.8, 4) is 11.4 Å². The summed E-state index contributed by atoms with van der Waals surface area (Å²) in [5.41, 5.74) is 3.93. The number of thiazole rings is 1. The number of aryl methyl sites for hydroxylation is 1. The number of tetrazole rings is 1. The number of nitrogens with one attached hydrogen (secondary N) is 1. The fourth-order valence-corrected chi connectivity index (χ4v) is 6.45. The van der Waals surface area contributed by atoms with Gasteiger partial charge < -0.3 is 5.32 Å². The maximum absolute atomic E-state index is 12.7. The Morgan fingerprint density at radius 3 is 2.39 bits per heavy atom. The molecule has 0 bridgehead atoms. The van der Waals surface area contributed by atoms with Crippen LogP contribution in [0.5, 0.6) is 0 Å². The lowest BCUT2D eigenvalue weighted by atomic mass is 10.0. The molecule has 198 valence electrons. The van der Waals surface area contributed by atoms with Gasteiger partial charge in [-0.15, -0.1) is 16.4 Å². The second-order valence-electron chi connectivity index (χ2n) is 9.89. The van der Waals surface area contributed by atoms with Gasteiger partial charge in [-0.2, -0.15) is 0 Å². The second-order valence-corrected chi connectivity index (χ2v) is 13.0. The third kappa shape index (κ3) is 5.52. The third-order valence-corrected chi connectivity index (χ3v) is 8.66. The molecule has 0 saturated heterocycles. The van der Waals surface area contributed by atoms with E-state index < -0.39 is 9.84 Å². The Morgan fingerprint density at radius 2 is 1.79 bits per heavy atom. The van der Waals surface area contributed by atoms with Crippen LogP contribution in [0.2, 0.25) is 0 Å². The first-order chi connectivity index (χ1) is 18.1. The zero-order chi connectivity index (χ0) is 27.0. The van der Waals surface area contributed by atoms with E-state index in [4.69, 9.17) is 4.98 Å². The van der Waals surface area contributed by atoms with Gasteiger partial charge in [0.2, 0.25) is 5.91 Å². The normalized spacial score (nSPS) is 15.7. The first-order valence-electron chi connectivity index (χ1n) is 12.2. The summed E-state index contributed by atoms with van der Waals surface area (Å²) in [6.07, 6.45) is 1.31. The number of nitrogens with zero attached hydrogens (tertiary/aromatic N) is 6. The predicted octanol–water partition coefficient (Wildman–Crippen LogP) is 3.63. The van der Waals surface area contributed by atoms with E-state index >= 15 is 0 Å². The minimum Gasteiger partial charge on any atom is -0.302 e. The largest absolute Gasteiger partial charge is 0.302 e.